The Hall–Kier alpha value is -3.39. The highest BCUT2D eigenvalue weighted by molar-refractivity contribution is 5.93. The summed E-state index contributed by atoms with van der Waals surface area (Å²) >= 11 is 0. The number of pyridine rings is 1. The quantitative estimate of drug-likeness (QED) is 0.678. The molecule has 2 aromatic carbocycles. The summed E-state index contributed by atoms with van der Waals surface area (Å²) in [5.41, 5.74) is 0.755. The first-order valence-electron chi connectivity index (χ1n) is 10.0. The maximum absolute atomic E-state index is 15.0. The van der Waals surface area contributed by atoms with Crippen molar-refractivity contribution < 1.29 is 19.0 Å². The van der Waals surface area contributed by atoms with Gasteiger partial charge in [-0.15, -0.1) is 0 Å². The molecule has 0 spiro atoms. The minimum absolute atomic E-state index is 0.0591. The number of likely N-dealkylation sites (N-methyl/N-ethyl adjacent to an activating group) is 1. The summed E-state index contributed by atoms with van der Waals surface area (Å²) in [5.74, 6) is -1.15. The molecule has 0 saturated carbocycles. The predicted octanol–water partition coefficient (Wildman–Crippen LogP) is 2.65. The predicted molar refractivity (Wildman–Crippen MR) is 117 cm³/mol. The molecule has 1 aliphatic heterocycles. The zero-order valence-electron chi connectivity index (χ0n) is 17.5. The first-order valence-corrected chi connectivity index (χ1v) is 10.0. The Balaban J connectivity index is 1.85. The Bertz CT molecular complexity index is 1180. The lowest BCUT2D eigenvalue weighted by atomic mass is 10.1. The van der Waals surface area contributed by atoms with E-state index in [2.05, 4.69) is 4.90 Å². The van der Waals surface area contributed by atoms with Gasteiger partial charge in [0.25, 0.3) is 0 Å². The van der Waals surface area contributed by atoms with Crippen molar-refractivity contribution in [3.8, 4) is 5.75 Å². The molecule has 8 heteroatoms. The van der Waals surface area contributed by atoms with E-state index in [9.17, 15) is 19.1 Å². The molecule has 1 N–H and O–H groups in total. The van der Waals surface area contributed by atoms with Crippen molar-refractivity contribution in [2.24, 2.45) is 0 Å². The molecule has 31 heavy (non-hydrogen) atoms. The molecule has 0 bridgehead atoms. The van der Waals surface area contributed by atoms with Gasteiger partial charge in [-0.05, 0) is 36.9 Å². The van der Waals surface area contributed by atoms with Crippen LogP contribution in [0.3, 0.4) is 0 Å². The summed E-state index contributed by atoms with van der Waals surface area (Å²) in [6.45, 7) is 3.31. The Labute approximate surface area is 178 Å². The number of aromatic carboxylic acids is 1. The van der Waals surface area contributed by atoms with E-state index in [1.54, 1.807) is 17.7 Å². The van der Waals surface area contributed by atoms with Crippen LogP contribution in [0, 0.1) is 5.82 Å². The van der Waals surface area contributed by atoms with E-state index < -0.39 is 17.2 Å². The smallest absolute Gasteiger partial charge is 0.341 e. The number of anilines is 1. The molecule has 0 atom stereocenters. The minimum atomic E-state index is -1.33. The van der Waals surface area contributed by atoms with Crippen LogP contribution in [0.5, 0.6) is 5.75 Å². The summed E-state index contributed by atoms with van der Waals surface area (Å²) < 4.78 is 21.9. The van der Waals surface area contributed by atoms with Gasteiger partial charge in [0.2, 0.25) is 5.43 Å². The van der Waals surface area contributed by atoms with Crippen LogP contribution in [0.15, 0.2) is 47.4 Å². The molecular formula is C23H24FN3O4. The van der Waals surface area contributed by atoms with Gasteiger partial charge in [0.15, 0.2) is 0 Å². The van der Waals surface area contributed by atoms with Crippen molar-refractivity contribution in [3.05, 3.63) is 69.8 Å². The Kier molecular flexibility index (Phi) is 5.65. The van der Waals surface area contributed by atoms with Crippen molar-refractivity contribution in [3.63, 3.8) is 0 Å². The number of nitrogens with zero attached hydrogens (tertiary/aromatic N) is 3. The van der Waals surface area contributed by atoms with Crippen LogP contribution in [-0.4, -0.2) is 60.9 Å². The van der Waals surface area contributed by atoms with Crippen molar-refractivity contribution in [1.82, 2.24) is 9.47 Å². The second-order valence-corrected chi connectivity index (χ2v) is 7.76. The van der Waals surface area contributed by atoms with E-state index in [0.29, 0.717) is 36.6 Å². The molecule has 3 aromatic rings. The zero-order valence-corrected chi connectivity index (χ0v) is 17.5. The first kappa shape index (κ1) is 20.9. The third-order valence-corrected chi connectivity index (χ3v) is 5.74. The molecule has 4 rings (SSSR count). The number of carboxylic acids is 1. The molecule has 1 aliphatic rings. The van der Waals surface area contributed by atoms with Crippen LogP contribution >= 0.6 is 0 Å². The number of halogens is 1. The number of hydrogen-bond acceptors (Lipinski definition) is 5. The molecule has 0 amide bonds. The lowest BCUT2D eigenvalue weighted by molar-refractivity contribution is 0.0695. The number of carboxylic acid groups (broad SMARTS) is 1. The largest absolute Gasteiger partial charge is 0.497 e. The fraction of sp³-hybridized carbons (Fsp3) is 0.304. The number of piperazine rings is 1. The molecule has 7 nitrogen and oxygen atoms in total. The summed E-state index contributed by atoms with van der Waals surface area (Å²) in [7, 11) is 3.60. The SMILES string of the molecule is COc1ccc(Cn2cc(C(=O)O)c(=O)c3cc(F)c(N4CCN(C)CC4)cc32)cc1. The standard InChI is InChI=1S/C23H24FN3O4/c1-25-7-9-26(10-8-25)21-12-20-17(11-19(21)24)22(28)18(23(29)30)14-27(20)13-15-3-5-16(31-2)6-4-15/h3-6,11-12,14H,7-10,13H2,1-2H3,(H,29,30). The van der Waals surface area contributed by atoms with Gasteiger partial charge in [0, 0.05) is 44.3 Å². The topological polar surface area (TPSA) is 75.0 Å². The fourth-order valence-corrected chi connectivity index (χ4v) is 3.90. The summed E-state index contributed by atoms with van der Waals surface area (Å²) in [6, 6.07) is 10.2. The lowest BCUT2D eigenvalue weighted by Crippen LogP contribution is -2.44. The molecule has 0 aliphatic carbocycles. The Morgan fingerprint density at radius 3 is 2.42 bits per heavy atom. The third-order valence-electron chi connectivity index (χ3n) is 5.74. The van der Waals surface area contributed by atoms with Crippen molar-refractivity contribution in [2.45, 2.75) is 6.54 Å². The van der Waals surface area contributed by atoms with Crippen LogP contribution in [0.25, 0.3) is 10.9 Å². The number of benzene rings is 2. The van der Waals surface area contributed by atoms with Crippen molar-refractivity contribution in [2.75, 3.05) is 45.2 Å². The van der Waals surface area contributed by atoms with Crippen LogP contribution < -0.4 is 15.1 Å². The monoisotopic (exact) mass is 425 g/mol. The van der Waals surface area contributed by atoms with Gasteiger partial charge in [-0.1, -0.05) is 12.1 Å². The maximum Gasteiger partial charge on any atom is 0.341 e. The zero-order chi connectivity index (χ0) is 22.1. The second-order valence-electron chi connectivity index (χ2n) is 7.76. The van der Waals surface area contributed by atoms with E-state index in [4.69, 9.17) is 4.74 Å². The van der Waals surface area contributed by atoms with Gasteiger partial charge >= 0.3 is 5.97 Å². The van der Waals surface area contributed by atoms with Crippen LogP contribution in [-0.2, 0) is 6.54 Å². The summed E-state index contributed by atoms with van der Waals surface area (Å²) in [5, 5.41) is 9.56. The normalized spacial score (nSPS) is 14.7. The number of aromatic nitrogens is 1. The fourth-order valence-electron chi connectivity index (χ4n) is 3.90. The number of fused-ring (bicyclic) bond motifs is 1. The maximum atomic E-state index is 15.0. The highest BCUT2D eigenvalue weighted by Gasteiger charge is 2.21. The Morgan fingerprint density at radius 2 is 1.81 bits per heavy atom. The van der Waals surface area contributed by atoms with E-state index in [1.165, 1.54) is 12.3 Å². The number of carbonyl (C=O) groups is 1. The molecule has 1 fully saturated rings. The number of rotatable bonds is 5. The molecule has 162 valence electrons. The molecule has 0 unspecified atom stereocenters. The summed E-state index contributed by atoms with van der Waals surface area (Å²) in [4.78, 5) is 28.5. The van der Waals surface area contributed by atoms with Gasteiger partial charge < -0.3 is 24.2 Å². The van der Waals surface area contributed by atoms with Crippen LogP contribution in [0.1, 0.15) is 15.9 Å². The van der Waals surface area contributed by atoms with Gasteiger partial charge in [0.05, 0.1) is 18.3 Å². The minimum Gasteiger partial charge on any atom is -0.497 e. The molecule has 0 radical (unpaired) electrons. The number of ether oxygens (including phenoxy) is 1. The Morgan fingerprint density at radius 1 is 1.13 bits per heavy atom. The molecule has 1 aromatic heterocycles. The van der Waals surface area contributed by atoms with E-state index in [1.807, 2.05) is 36.2 Å². The number of hydrogen-bond donors (Lipinski definition) is 1. The first-order chi connectivity index (χ1) is 14.9. The second kappa shape index (κ2) is 8.39. The molecule has 2 heterocycles. The van der Waals surface area contributed by atoms with Gasteiger partial charge in [-0.2, -0.15) is 0 Å². The van der Waals surface area contributed by atoms with Gasteiger partial charge in [0.1, 0.15) is 17.1 Å². The van der Waals surface area contributed by atoms with Gasteiger partial charge in [-0.3, -0.25) is 4.79 Å². The number of methoxy groups -OCH3 is 1. The molecule has 1 saturated heterocycles. The van der Waals surface area contributed by atoms with Gasteiger partial charge in [-0.25, -0.2) is 9.18 Å². The lowest BCUT2D eigenvalue weighted by Gasteiger charge is -2.34. The highest BCUT2D eigenvalue weighted by Crippen LogP contribution is 2.27. The van der Waals surface area contributed by atoms with Crippen LogP contribution in [0.2, 0.25) is 0 Å². The molecular weight excluding hydrogens is 401 g/mol. The van der Waals surface area contributed by atoms with Crippen LogP contribution in [0.4, 0.5) is 10.1 Å². The van der Waals surface area contributed by atoms with E-state index in [0.717, 1.165) is 18.7 Å². The average molecular weight is 425 g/mol. The van der Waals surface area contributed by atoms with Crippen molar-refractivity contribution >= 4 is 22.6 Å². The van der Waals surface area contributed by atoms with E-state index in [-0.39, 0.29) is 10.9 Å². The van der Waals surface area contributed by atoms with E-state index >= 15 is 0 Å². The highest BCUT2D eigenvalue weighted by atomic mass is 19.1. The third kappa shape index (κ3) is 4.11. The van der Waals surface area contributed by atoms with Crippen molar-refractivity contribution in [1.29, 1.82) is 0 Å². The summed E-state index contributed by atoms with van der Waals surface area (Å²) in [6.07, 6.45) is 1.34. The average Bonchev–Trinajstić information content (AvgIpc) is 2.76.